The van der Waals surface area contributed by atoms with E-state index in [0.717, 1.165) is 0 Å². The summed E-state index contributed by atoms with van der Waals surface area (Å²) in [6.45, 7) is 8.88. The summed E-state index contributed by atoms with van der Waals surface area (Å²) in [7, 11) is 0. The first-order valence-electron chi connectivity index (χ1n) is 6.92. The number of aliphatic carboxylic acids is 1. The third-order valence-electron chi connectivity index (χ3n) is 2.94. The van der Waals surface area contributed by atoms with Gasteiger partial charge in [-0.15, -0.1) is 0 Å². The molecule has 22 heavy (non-hydrogen) atoms. The number of carboxylic acids is 1. The van der Waals surface area contributed by atoms with Crippen molar-refractivity contribution < 1.29 is 19.4 Å². The van der Waals surface area contributed by atoms with Gasteiger partial charge in [0.1, 0.15) is 5.60 Å². The third-order valence-corrected chi connectivity index (χ3v) is 3.17. The molecule has 122 valence electrons. The summed E-state index contributed by atoms with van der Waals surface area (Å²) in [5, 5.41) is 12.1. The van der Waals surface area contributed by atoms with E-state index >= 15 is 0 Å². The molecule has 1 aromatic rings. The predicted octanol–water partition coefficient (Wildman–Crippen LogP) is 4.44. The van der Waals surface area contributed by atoms with Gasteiger partial charge in [0.25, 0.3) is 0 Å². The zero-order valence-corrected chi connectivity index (χ0v) is 14.2. The van der Waals surface area contributed by atoms with Crippen LogP contribution in [0.25, 0.3) is 0 Å². The Hall–Kier alpha value is -1.75. The number of benzene rings is 1. The number of carbonyl (C=O) groups excluding carboxylic acids is 1. The fraction of sp³-hybridized carbons (Fsp3) is 0.500. The number of carbonyl (C=O) groups is 2. The highest BCUT2D eigenvalue weighted by atomic mass is 35.5. The van der Waals surface area contributed by atoms with Crippen molar-refractivity contribution in [3.05, 3.63) is 28.8 Å². The van der Waals surface area contributed by atoms with Crippen molar-refractivity contribution in [2.45, 2.75) is 52.1 Å². The quantitative estimate of drug-likeness (QED) is 0.857. The maximum Gasteiger partial charge on any atom is 0.412 e. The molecule has 0 aromatic heterocycles. The molecule has 0 saturated carbocycles. The standard InChI is InChI=1S/C16H22ClNO4/c1-15(2,3)22-14(21)18-12-8-10(17)6-7-11(12)16(4,5)9-13(19)20/h6-8H,9H2,1-5H3,(H,18,21)(H,19,20). The molecule has 0 unspecified atom stereocenters. The van der Waals surface area contributed by atoms with E-state index in [-0.39, 0.29) is 6.42 Å². The largest absolute Gasteiger partial charge is 0.481 e. The minimum Gasteiger partial charge on any atom is -0.481 e. The highest BCUT2D eigenvalue weighted by molar-refractivity contribution is 6.31. The average Bonchev–Trinajstić information content (AvgIpc) is 2.23. The molecule has 0 atom stereocenters. The molecular weight excluding hydrogens is 306 g/mol. The number of amides is 1. The van der Waals surface area contributed by atoms with E-state index in [0.29, 0.717) is 16.3 Å². The van der Waals surface area contributed by atoms with Gasteiger partial charge in [-0.1, -0.05) is 31.5 Å². The summed E-state index contributed by atoms with van der Waals surface area (Å²) >= 11 is 5.98. The Labute approximate surface area is 135 Å². The van der Waals surface area contributed by atoms with E-state index in [4.69, 9.17) is 21.4 Å². The minimum atomic E-state index is -0.914. The molecule has 0 saturated heterocycles. The molecule has 0 radical (unpaired) electrons. The Morgan fingerprint density at radius 2 is 1.82 bits per heavy atom. The molecule has 0 fully saturated rings. The van der Waals surface area contributed by atoms with Gasteiger partial charge in [-0.05, 0) is 38.5 Å². The van der Waals surface area contributed by atoms with Crippen LogP contribution in [0.2, 0.25) is 5.02 Å². The van der Waals surface area contributed by atoms with Crippen LogP contribution in [0.1, 0.15) is 46.6 Å². The Morgan fingerprint density at radius 3 is 2.32 bits per heavy atom. The van der Waals surface area contributed by atoms with Crippen LogP contribution in [-0.2, 0) is 14.9 Å². The molecule has 0 aliphatic heterocycles. The number of halogens is 1. The van der Waals surface area contributed by atoms with Crippen LogP contribution >= 0.6 is 11.6 Å². The normalized spacial score (nSPS) is 11.9. The number of hydrogen-bond acceptors (Lipinski definition) is 3. The fourth-order valence-electron chi connectivity index (χ4n) is 2.10. The zero-order chi connectivity index (χ0) is 17.1. The Bertz CT molecular complexity index is 576. The maximum absolute atomic E-state index is 11.9. The molecule has 0 bridgehead atoms. The zero-order valence-electron chi connectivity index (χ0n) is 13.5. The van der Waals surface area contributed by atoms with Crippen molar-refractivity contribution in [3.8, 4) is 0 Å². The SMILES string of the molecule is CC(C)(C)OC(=O)Nc1cc(Cl)ccc1C(C)(C)CC(=O)O. The lowest BCUT2D eigenvalue weighted by Gasteiger charge is -2.27. The van der Waals surface area contributed by atoms with E-state index in [9.17, 15) is 9.59 Å². The number of carboxylic acid groups (broad SMARTS) is 1. The molecule has 0 aliphatic carbocycles. The van der Waals surface area contributed by atoms with Crippen molar-refractivity contribution in [1.82, 2.24) is 0 Å². The highest BCUT2D eigenvalue weighted by Crippen LogP contribution is 2.34. The minimum absolute atomic E-state index is 0.0718. The van der Waals surface area contributed by atoms with E-state index in [1.807, 2.05) is 0 Å². The van der Waals surface area contributed by atoms with Crippen molar-refractivity contribution in [2.75, 3.05) is 5.32 Å². The van der Waals surface area contributed by atoms with E-state index in [2.05, 4.69) is 5.32 Å². The maximum atomic E-state index is 11.9. The van der Waals surface area contributed by atoms with Crippen molar-refractivity contribution in [3.63, 3.8) is 0 Å². The lowest BCUT2D eigenvalue weighted by atomic mass is 9.80. The summed E-state index contributed by atoms with van der Waals surface area (Å²) < 4.78 is 5.22. The number of rotatable bonds is 4. The summed E-state index contributed by atoms with van der Waals surface area (Å²) in [5.41, 5.74) is -0.154. The van der Waals surface area contributed by atoms with Gasteiger partial charge in [-0.3, -0.25) is 10.1 Å². The number of nitrogens with one attached hydrogen (secondary N) is 1. The van der Waals surface area contributed by atoms with Crippen LogP contribution < -0.4 is 5.32 Å². The second-order valence-electron chi connectivity index (χ2n) is 6.77. The predicted molar refractivity (Wildman–Crippen MR) is 86.6 cm³/mol. The first-order valence-corrected chi connectivity index (χ1v) is 7.30. The summed E-state index contributed by atoms with van der Waals surface area (Å²) in [5.74, 6) is -0.914. The Morgan fingerprint density at radius 1 is 1.23 bits per heavy atom. The highest BCUT2D eigenvalue weighted by Gasteiger charge is 2.28. The number of anilines is 1. The van der Waals surface area contributed by atoms with Crippen LogP contribution in [0.4, 0.5) is 10.5 Å². The molecule has 0 heterocycles. The van der Waals surface area contributed by atoms with Crippen LogP contribution in [0.5, 0.6) is 0 Å². The monoisotopic (exact) mass is 327 g/mol. The Balaban J connectivity index is 3.11. The van der Waals surface area contributed by atoms with Gasteiger partial charge in [0.05, 0.1) is 6.42 Å². The molecule has 6 heteroatoms. The van der Waals surface area contributed by atoms with E-state index < -0.39 is 23.1 Å². The van der Waals surface area contributed by atoms with E-state index in [1.165, 1.54) is 0 Å². The van der Waals surface area contributed by atoms with Gasteiger partial charge in [0.2, 0.25) is 0 Å². The van der Waals surface area contributed by atoms with Crippen LogP contribution in [0, 0.1) is 0 Å². The molecule has 0 aliphatic rings. The molecule has 0 spiro atoms. The van der Waals surface area contributed by atoms with Gasteiger partial charge < -0.3 is 9.84 Å². The van der Waals surface area contributed by atoms with Crippen LogP contribution in [0.15, 0.2) is 18.2 Å². The number of hydrogen-bond donors (Lipinski definition) is 2. The topological polar surface area (TPSA) is 75.6 Å². The average molecular weight is 328 g/mol. The lowest BCUT2D eigenvalue weighted by Crippen LogP contribution is -2.29. The smallest absolute Gasteiger partial charge is 0.412 e. The summed E-state index contributed by atoms with van der Waals surface area (Å²) in [6, 6.07) is 4.98. The summed E-state index contributed by atoms with van der Waals surface area (Å²) in [6.07, 6.45) is -0.681. The molecule has 1 rings (SSSR count). The first kappa shape index (κ1) is 18.3. The second kappa shape index (κ2) is 6.57. The van der Waals surface area contributed by atoms with Gasteiger partial charge in [0.15, 0.2) is 0 Å². The molecule has 5 nitrogen and oxygen atoms in total. The van der Waals surface area contributed by atoms with Crippen molar-refractivity contribution in [1.29, 1.82) is 0 Å². The van der Waals surface area contributed by atoms with Crippen molar-refractivity contribution in [2.24, 2.45) is 0 Å². The Kier molecular flexibility index (Phi) is 5.46. The summed E-state index contributed by atoms with van der Waals surface area (Å²) in [4.78, 5) is 23.0. The van der Waals surface area contributed by atoms with Crippen LogP contribution in [0.3, 0.4) is 0 Å². The molecule has 2 N–H and O–H groups in total. The lowest BCUT2D eigenvalue weighted by molar-refractivity contribution is -0.138. The van der Waals surface area contributed by atoms with Gasteiger partial charge in [0, 0.05) is 16.1 Å². The van der Waals surface area contributed by atoms with Crippen LogP contribution in [-0.4, -0.2) is 22.8 Å². The van der Waals surface area contributed by atoms with Gasteiger partial charge in [-0.2, -0.15) is 0 Å². The number of ether oxygens (including phenoxy) is 1. The first-order chi connectivity index (χ1) is 9.90. The molecule has 1 aromatic carbocycles. The van der Waals surface area contributed by atoms with Gasteiger partial charge in [-0.25, -0.2) is 4.79 Å². The molecule has 1 amide bonds. The van der Waals surface area contributed by atoms with E-state index in [1.54, 1.807) is 52.8 Å². The van der Waals surface area contributed by atoms with Gasteiger partial charge >= 0.3 is 12.1 Å². The third kappa shape index (κ3) is 5.56. The fourth-order valence-corrected chi connectivity index (χ4v) is 2.27. The van der Waals surface area contributed by atoms with Crippen molar-refractivity contribution >= 4 is 29.4 Å². The second-order valence-corrected chi connectivity index (χ2v) is 7.21. The molecular formula is C16H22ClNO4.